The van der Waals surface area contributed by atoms with Crippen molar-refractivity contribution in [3.63, 3.8) is 0 Å². The normalized spacial score (nSPS) is 22.1. The summed E-state index contributed by atoms with van der Waals surface area (Å²) in [7, 11) is -3.97. The Morgan fingerprint density at radius 3 is 2.71 bits per heavy atom. The molecule has 2 saturated heterocycles. The summed E-state index contributed by atoms with van der Waals surface area (Å²) >= 11 is 7.33. The Morgan fingerprint density at radius 1 is 1.38 bits per heavy atom. The highest BCUT2D eigenvalue weighted by Crippen LogP contribution is 2.43. The van der Waals surface area contributed by atoms with Gasteiger partial charge >= 0.3 is 6.09 Å². The van der Waals surface area contributed by atoms with Crippen LogP contribution in [0.5, 0.6) is 0 Å². The average molecular weight is 529 g/mol. The van der Waals surface area contributed by atoms with Gasteiger partial charge < -0.3 is 25.8 Å². The summed E-state index contributed by atoms with van der Waals surface area (Å²) in [5.41, 5.74) is 5.90. The second kappa shape index (κ2) is 9.38. The molecule has 3 heterocycles. The zero-order chi connectivity index (χ0) is 24.7. The van der Waals surface area contributed by atoms with E-state index in [0.29, 0.717) is 35.4 Å². The van der Waals surface area contributed by atoms with Gasteiger partial charge in [0, 0.05) is 23.4 Å². The number of ether oxygens (including phenoxy) is 1. The molecule has 1 amide bonds. The van der Waals surface area contributed by atoms with Crippen LogP contribution in [-0.4, -0.2) is 61.4 Å². The van der Waals surface area contributed by atoms with E-state index in [-0.39, 0.29) is 33.3 Å². The number of carboxylic acid groups (broad SMARTS) is 1. The Hall–Kier alpha value is -2.32. The zero-order valence-electron chi connectivity index (χ0n) is 18.3. The molecule has 1 spiro atoms. The summed E-state index contributed by atoms with van der Waals surface area (Å²) in [5.74, 6) is 0.791. The first-order chi connectivity index (χ1) is 16.0. The van der Waals surface area contributed by atoms with Crippen LogP contribution >= 0.6 is 23.4 Å². The predicted octanol–water partition coefficient (Wildman–Crippen LogP) is 2.15. The van der Waals surface area contributed by atoms with Gasteiger partial charge in [-0.15, -0.1) is 0 Å². The Balaban J connectivity index is 1.47. The fourth-order valence-corrected chi connectivity index (χ4v) is 6.60. The number of piperidine rings is 1. The number of benzene rings is 1. The van der Waals surface area contributed by atoms with Crippen LogP contribution in [0, 0.1) is 5.41 Å². The van der Waals surface area contributed by atoms with Gasteiger partial charge in [0.05, 0.1) is 30.0 Å². The summed E-state index contributed by atoms with van der Waals surface area (Å²) < 4.78 is 29.2. The fraction of sp³-hybridized carbons (Fsp3) is 0.450. The number of aromatic nitrogens is 2. The molecule has 2 fully saturated rings. The number of anilines is 2. The van der Waals surface area contributed by atoms with Crippen molar-refractivity contribution in [2.24, 2.45) is 10.6 Å². The van der Waals surface area contributed by atoms with Crippen LogP contribution in [0.3, 0.4) is 0 Å². The second-order valence-electron chi connectivity index (χ2n) is 8.43. The van der Waals surface area contributed by atoms with Gasteiger partial charge in [-0.1, -0.05) is 29.4 Å². The number of nitrogens with one attached hydrogen (secondary N) is 1. The Kier molecular flexibility index (Phi) is 6.84. The van der Waals surface area contributed by atoms with Gasteiger partial charge in [0.1, 0.15) is 15.7 Å². The van der Waals surface area contributed by atoms with Gasteiger partial charge in [-0.2, -0.15) is 0 Å². The van der Waals surface area contributed by atoms with E-state index in [1.54, 1.807) is 12.3 Å². The zero-order valence-corrected chi connectivity index (χ0v) is 20.7. The first-order valence-corrected chi connectivity index (χ1v) is 13.2. The highest BCUT2D eigenvalue weighted by atomic mass is 35.5. The van der Waals surface area contributed by atoms with Gasteiger partial charge in [-0.25, -0.2) is 28.3 Å². The minimum atomic E-state index is -3.97. The molecule has 184 valence electrons. The van der Waals surface area contributed by atoms with E-state index in [1.807, 2.05) is 6.92 Å². The number of halogens is 1. The maximum absolute atomic E-state index is 11.7. The Morgan fingerprint density at radius 2 is 2.09 bits per heavy atom. The molecule has 0 unspecified atom stereocenters. The topological polar surface area (TPSA) is 174 Å². The number of amides is 1. The fourth-order valence-electron chi connectivity index (χ4n) is 4.53. The molecule has 2 aliphatic heterocycles. The third-order valence-electron chi connectivity index (χ3n) is 6.32. The van der Waals surface area contributed by atoms with Gasteiger partial charge in [-0.3, -0.25) is 0 Å². The maximum atomic E-state index is 11.7. The number of sulfonamides is 1. The summed E-state index contributed by atoms with van der Waals surface area (Å²) in [6, 6.07) is 4.25. The van der Waals surface area contributed by atoms with Crippen LogP contribution < -0.4 is 21.1 Å². The number of nitrogens with two attached hydrogens (primary N) is 2. The SMILES string of the molecule is C[C@@H]1OCC2(CCN(c3cnc(Sc4cccc(S(N)(=O)=O)c4Cl)c(N)n3)CC2)[C@@H]1NC(=O)O. The molecule has 2 atom stereocenters. The van der Waals surface area contributed by atoms with Gasteiger partial charge in [0.15, 0.2) is 5.82 Å². The van der Waals surface area contributed by atoms with Gasteiger partial charge in [0.2, 0.25) is 10.0 Å². The van der Waals surface area contributed by atoms with Crippen LogP contribution in [0.4, 0.5) is 16.4 Å². The molecule has 1 aromatic heterocycles. The van der Waals surface area contributed by atoms with Crippen molar-refractivity contribution in [3.05, 3.63) is 29.4 Å². The van der Waals surface area contributed by atoms with Gasteiger partial charge in [-0.05, 0) is 31.9 Å². The Bertz CT molecular complexity index is 1210. The van der Waals surface area contributed by atoms with Crippen LogP contribution in [0.25, 0.3) is 0 Å². The number of primary sulfonamides is 1. The van der Waals surface area contributed by atoms with Crippen molar-refractivity contribution >= 4 is 51.1 Å². The van der Waals surface area contributed by atoms with Crippen molar-refractivity contribution in [2.45, 2.75) is 46.7 Å². The van der Waals surface area contributed by atoms with Crippen molar-refractivity contribution in [3.8, 4) is 0 Å². The lowest BCUT2D eigenvalue weighted by Gasteiger charge is -2.42. The molecule has 2 aliphatic rings. The standard InChI is InChI=1S/C20H25ClN6O5S2/c1-11-16(26-19(28)29)20(10-32-11)5-7-27(8-6-20)14-9-24-18(17(22)25-14)33-12-3-2-4-13(15(12)21)34(23,30)31/h2-4,9,11,16,26H,5-8,10H2,1H3,(H2,22,25)(H,28,29)(H2,23,30,31)/t11-,16+/m0/s1. The van der Waals surface area contributed by atoms with E-state index in [0.717, 1.165) is 24.6 Å². The number of nitrogens with zero attached hydrogens (tertiary/aromatic N) is 3. The average Bonchev–Trinajstić information content (AvgIpc) is 3.05. The van der Waals surface area contributed by atoms with Crippen LogP contribution in [0.1, 0.15) is 19.8 Å². The molecular formula is C20H25ClN6O5S2. The molecule has 0 aliphatic carbocycles. The van der Waals surface area contributed by atoms with E-state index in [4.69, 9.17) is 27.2 Å². The lowest BCUT2D eigenvalue weighted by atomic mass is 9.73. The van der Waals surface area contributed by atoms with E-state index >= 15 is 0 Å². The lowest BCUT2D eigenvalue weighted by molar-refractivity contribution is 0.0970. The number of nitrogen functional groups attached to an aromatic ring is 1. The predicted molar refractivity (Wildman–Crippen MR) is 128 cm³/mol. The van der Waals surface area contributed by atoms with Crippen molar-refractivity contribution < 1.29 is 23.1 Å². The first kappa shape index (κ1) is 24.8. The molecule has 34 heavy (non-hydrogen) atoms. The van der Waals surface area contributed by atoms with Gasteiger partial charge in [0.25, 0.3) is 0 Å². The molecule has 1 aromatic carbocycles. The van der Waals surface area contributed by atoms with E-state index in [2.05, 4.69) is 20.2 Å². The highest BCUT2D eigenvalue weighted by molar-refractivity contribution is 7.99. The molecule has 0 bridgehead atoms. The van der Waals surface area contributed by atoms with E-state index in [1.165, 1.54) is 12.1 Å². The van der Waals surface area contributed by atoms with Crippen LogP contribution in [0.2, 0.25) is 5.02 Å². The Labute approximate surface area is 206 Å². The third-order valence-corrected chi connectivity index (χ3v) is 8.97. The largest absolute Gasteiger partial charge is 0.465 e. The van der Waals surface area contributed by atoms with Crippen molar-refractivity contribution in [1.82, 2.24) is 15.3 Å². The first-order valence-electron chi connectivity index (χ1n) is 10.5. The lowest BCUT2D eigenvalue weighted by Crippen LogP contribution is -2.54. The van der Waals surface area contributed by atoms with Crippen LogP contribution in [0.15, 0.2) is 39.2 Å². The highest BCUT2D eigenvalue weighted by Gasteiger charge is 2.50. The van der Waals surface area contributed by atoms with Crippen molar-refractivity contribution in [1.29, 1.82) is 0 Å². The van der Waals surface area contributed by atoms with Crippen molar-refractivity contribution in [2.75, 3.05) is 30.3 Å². The summed E-state index contributed by atoms with van der Waals surface area (Å²) in [6.07, 6.45) is 1.83. The molecule has 14 heteroatoms. The van der Waals surface area contributed by atoms with Crippen LogP contribution in [-0.2, 0) is 14.8 Å². The number of carbonyl (C=O) groups is 1. The number of rotatable bonds is 5. The molecule has 2 aromatic rings. The minimum Gasteiger partial charge on any atom is -0.465 e. The number of hydrogen-bond acceptors (Lipinski definition) is 9. The summed E-state index contributed by atoms with van der Waals surface area (Å²) in [5, 5.41) is 17.4. The summed E-state index contributed by atoms with van der Waals surface area (Å²) in [6.45, 7) is 3.69. The number of hydrogen-bond donors (Lipinski definition) is 4. The maximum Gasteiger partial charge on any atom is 0.404 e. The molecular weight excluding hydrogens is 504 g/mol. The third kappa shape index (κ3) is 4.89. The molecule has 11 nitrogen and oxygen atoms in total. The second-order valence-corrected chi connectivity index (χ2v) is 11.4. The molecule has 6 N–H and O–H groups in total. The minimum absolute atomic E-state index is 0.000796. The molecule has 0 radical (unpaired) electrons. The monoisotopic (exact) mass is 528 g/mol. The summed E-state index contributed by atoms with van der Waals surface area (Å²) in [4.78, 5) is 22.5. The van der Waals surface area contributed by atoms with E-state index in [9.17, 15) is 18.3 Å². The quantitative estimate of drug-likeness (QED) is 0.450. The molecule has 4 rings (SSSR count). The van der Waals surface area contributed by atoms with E-state index < -0.39 is 16.1 Å². The molecule has 0 saturated carbocycles. The smallest absolute Gasteiger partial charge is 0.404 e.